The third kappa shape index (κ3) is 11.8. The van der Waals surface area contributed by atoms with Gasteiger partial charge in [0, 0.05) is 98.0 Å². The molecular formula is C65H73N9O10. The highest BCUT2D eigenvalue weighted by Gasteiger charge is 2.43. The average Bonchev–Trinajstić information content (AvgIpc) is 4.03. The first kappa shape index (κ1) is 55.1. The molecule has 4 aromatic carbocycles. The van der Waals surface area contributed by atoms with Crippen LogP contribution in [0.2, 0.25) is 0 Å². The number of anilines is 5. The molecule has 1 N–H and O–H groups in total. The van der Waals surface area contributed by atoms with E-state index in [4.69, 9.17) is 57.8 Å². The topological polar surface area (TPSA) is 185 Å². The lowest BCUT2D eigenvalue weighted by Gasteiger charge is -2.34. The summed E-state index contributed by atoms with van der Waals surface area (Å²) in [4.78, 5) is 54.9. The molecule has 6 aromatic rings. The SMILES string of the molecule is CC(C)(C)OC(=O)N1CC=C(c2ccc3cc2OCCOCCOc2ccc4c(c2)-c2nc(ncc2CC4)N3C2COCCOc3cc(ccc3N3CC4CN(C(=O)OC(C)(C)C)CC4C3)Nc3ncc4c(n3)-c3cc(ccc3CC4)O2)CC1. The van der Waals surface area contributed by atoms with Gasteiger partial charge >= 0.3 is 12.2 Å². The second-order valence-corrected chi connectivity index (χ2v) is 24.6. The maximum absolute atomic E-state index is 13.2. The second kappa shape index (κ2) is 22.8. The third-order valence-electron chi connectivity index (χ3n) is 16.4. The Morgan fingerprint density at radius 1 is 0.595 bits per heavy atom. The van der Waals surface area contributed by atoms with Crippen LogP contribution in [0.3, 0.4) is 0 Å². The molecule has 7 heterocycles. The molecule has 2 fully saturated rings. The van der Waals surface area contributed by atoms with Crippen molar-refractivity contribution in [2.75, 3.05) is 101 Å². The van der Waals surface area contributed by atoms with Gasteiger partial charge in [0.1, 0.15) is 60.6 Å². The number of carbonyl (C=O) groups is 2. The Labute approximate surface area is 490 Å². The summed E-state index contributed by atoms with van der Waals surface area (Å²) < 4.78 is 51.4. The highest BCUT2D eigenvalue weighted by Crippen LogP contribution is 2.44. The molecule has 2 aliphatic carbocycles. The number of hydrogen-bond donors (Lipinski definition) is 1. The van der Waals surface area contributed by atoms with Crippen LogP contribution in [0, 0.1) is 11.8 Å². The van der Waals surface area contributed by atoms with Gasteiger partial charge in [-0.3, -0.25) is 4.90 Å². The highest BCUT2D eigenvalue weighted by atomic mass is 16.6. The van der Waals surface area contributed by atoms with Crippen molar-refractivity contribution in [1.82, 2.24) is 29.7 Å². The minimum Gasteiger partial charge on any atom is -0.491 e. The Morgan fingerprint density at radius 2 is 1.24 bits per heavy atom. The molecule has 13 rings (SSSR count). The van der Waals surface area contributed by atoms with Crippen LogP contribution in [0.1, 0.15) is 75.8 Å². The first-order valence-electron chi connectivity index (χ1n) is 29.5. The molecule has 12 bridgehead atoms. The van der Waals surface area contributed by atoms with Gasteiger partial charge in [0.25, 0.3) is 0 Å². The van der Waals surface area contributed by atoms with E-state index in [1.807, 2.05) is 94.1 Å². The zero-order valence-electron chi connectivity index (χ0n) is 48.8. The van der Waals surface area contributed by atoms with Crippen molar-refractivity contribution in [3.05, 3.63) is 119 Å². The molecular weight excluding hydrogens is 1070 g/mol. The molecule has 2 amide bonds. The van der Waals surface area contributed by atoms with Gasteiger partial charge in [-0.25, -0.2) is 29.5 Å². The van der Waals surface area contributed by atoms with Crippen molar-refractivity contribution in [2.24, 2.45) is 11.8 Å². The molecule has 438 valence electrons. The number of carbonyl (C=O) groups excluding carboxylic acids is 2. The fraction of sp³-hybridized carbons (Fsp3) is 0.446. The molecule has 7 aliphatic rings. The van der Waals surface area contributed by atoms with Crippen LogP contribution in [0.15, 0.2) is 91.3 Å². The normalized spacial score (nSPS) is 20.5. The fourth-order valence-corrected chi connectivity index (χ4v) is 12.4. The number of benzene rings is 4. The monoisotopic (exact) mass is 1140 g/mol. The quantitative estimate of drug-likeness (QED) is 0.176. The number of amides is 2. The summed E-state index contributed by atoms with van der Waals surface area (Å²) in [6, 6.07) is 24.7. The molecule has 84 heavy (non-hydrogen) atoms. The lowest BCUT2D eigenvalue weighted by Crippen LogP contribution is -2.41. The Bertz CT molecular complexity index is 3510. The van der Waals surface area contributed by atoms with Crippen LogP contribution >= 0.6 is 0 Å². The van der Waals surface area contributed by atoms with Gasteiger partial charge in [-0.2, -0.15) is 0 Å². The van der Waals surface area contributed by atoms with E-state index in [-0.39, 0.29) is 50.4 Å². The van der Waals surface area contributed by atoms with Gasteiger partial charge in [0.2, 0.25) is 18.1 Å². The van der Waals surface area contributed by atoms with Gasteiger partial charge < -0.3 is 57.9 Å². The van der Waals surface area contributed by atoms with Crippen LogP contribution in [0.4, 0.5) is 38.5 Å². The van der Waals surface area contributed by atoms with E-state index >= 15 is 0 Å². The first-order chi connectivity index (χ1) is 40.6. The van der Waals surface area contributed by atoms with Crippen LogP contribution in [-0.4, -0.2) is 145 Å². The first-order valence-corrected chi connectivity index (χ1v) is 29.5. The number of ether oxygens (including phenoxy) is 8. The van der Waals surface area contributed by atoms with Crippen LogP contribution in [0.25, 0.3) is 28.1 Å². The lowest BCUT2D eigenvalue weighted by atomic mass is 9.89. The molecule has 19 heteroatoms. The smallest absolute Gasteiger partial charge is 0.410 e. The molecule has 0 spiro atoms. The van der Waals surface area contributed by atoms with E-state index in [9.17, 15) is 9.59 Å². The molecule has 2 saturated heterocycles. The lowest BCUT2D eigenvalue weighted by molar-refractivity contribution is 0.0264. The molecule has 3 atom stereocenters. The van der Waals surface area contributed by atoms with Crippen molar-refractivity contribution in [2.45, 2.75) is 91.1 Å². The zero-order chi connectivity index (χ0) is 57.7. The summed E-state index contributed by atoms with van der Waals surface area (Å²) in [7, 11) is 0. The predicted molar refractivity (Wildman–Crippen MR) is 318 cm³/mol. The standard InChI is InChI=1S/C65H73N9O10/c1-64(2,3)83-62(75)71-21-19-42(20-22-71)51-17-14-48-30-55(51)80-27-24-77-23-26-79-49-15-11-40-8-10-44-34-67-61(70-59(44)52(40)31-49)74(48)57-39-78-25-28-81-56-29-47(68-60-66-33-43-9-7-41-12-16-50(82-57)32-53(41)58(43)69-60)13-18-54(56)72-35-45-37-73(38-46(45)36-72)63(76)84-65(4,5)6/h11-19,29-34,45-46,57H,7-10,20-28,35-39H2,1-6H3,(H,66,68,69). The average molecular weight is 1140 g/mol. The van der Waals surface area contributed by atoms with E-state index in [0.29, 0.717) is 87.3 Å². The number of aromatic nitrogens is 4. The molecule has 3 unspecified atom stereocenters. The van der Waals surface area contributed by atoms with Gasteiger partial charge in [-0.1, -0.05) is 18.2 Å². The number of nitrogens with zero attached hydrogens (tertiary/aromatic N) is 8. The van der Waals surface area contributed by atoms with Crippen LogP contribution in [0.5, 0.6) is 23.0 Å². The van der Waals surface area contributed by atoms with Crippen molar-refractivity contribution in [3.63, 3.8) is 0 Å². The van der Waals surface area contributed by atoms with Crippen molar-refractivity contribution in [3.8, 4) is 45.5 Å². The van der Waals surface area contributed by atoms with Gasteiger partial charge in [0.05, 0.1) is 42.6 Å². The maximum atomic E-state index is 13.2. The Morgan fingerprint density at radius 3 is 1.95 bits per heavy atom. The summed E-state index contributed by atoms with van der Waals surface area (Å²) in [6.07, 6.45) is 8.30. The molecule has 2 aromatic heterocycles. The fourth-order valence-electron chi connectivity index (χ4n) is 12.4. The number of aryl methyl sites for hydroxylation is 4. The summed E-state index contributed by atoms with van der Waals surface area (Å²) in [5.41, 5.74) is 11.2. The van der Waals surface area contributed by atoms with E-state index in [1.54, 1.807) is 4.90 Å². The minimum atomic E-state index is -0.858. The number of fused-ring (bicyclic) bond motifs is 9. The maximum Gasteiger partial charge on any atom is 0.410 e. The van der Waals surface area contributed by atoms with E-state index in [2.05, 4.69) is 58.8 Å². The summed E-state index contributed by atoms with van der Waals surface area (Å²) in [5.74, 6) is 4.09. The zero-order valence-corrected chi connectivity index (χ0v) is 48.8. The second-order valence-electron chi connectivity index (χ2n) is 24.6. The summed E-state index contributed by atoms with van der Waals surface area (Å²) >= 11 is 0. The number of likely N-dealkylation sites (tertiary alicyclic amines) is 1. The highest BCUT2D eigenvalue weighted by molar-refractivity contribution is 5.79. The van der Waals surface area contributed by atoms with Crippen molar-refractivity contribution >= 4 is 46.7 Å². The van der Waals surface area contributed by atoms with Gasteiger partial charge in [-0.15, -0.1) is 0 Å². The number of nitrogens with one attached hydrogen (secondary N) is 1. The largest absolute Gasteiger partial charge is 0.491 e. The van der Waals surface area contributed by atoms with E-state index < -0.39 is 17.4 Å². The predicted octanol–water partition coefficient (Wildman–Crippen LogP) is 10.6. The number of rotatable bonds is 3. The molecule has 0 saturated carbocycles. The number of hydrogen-bond acceptors (Lipinski definition) is 17. The van der Waals surface area contributed by atoms with Crippen LogP contribution < -0.4 is 34.1 Å². The Hall–Kier alpha value is -8.16. The van der Waals surface area contributed by atoms with Gasteiger partial charge in [0.15, 0.2) is 0 Å². The summed E-state index contributed by atoms with van der Waals surface area (Å²) in [5, 5.41) is 3.50. The van der Waals surface area contributed by atoms with E-state index in [1.165, 1.54) is 5.56 Å². The van der Waals surface area contributed by atoms with Crippen LogP contribution in [-0.2, 0) is 44.6 Å². The van der Waals surface area contributed by atoms with Gasteiger partial charge in [-0.05, 0) is 150 Å². The summed E-state index contributed by atoms with van der Waals surface area (Å²) in [6.45, 7) is 16.8. The molecule has 0 radical (unpaired) electrons. The van der Waals surface area contributed by atoms with Crippen molar-refractivity contribution in [1.29, 1.82) is 0 Å². The molecule has 5 aliphatic heterocycles. The minimum absolute atomic E-state index is 0.0634. The molecule has 19 nitrogen and oxygen atoms in total. The third-order valence-corrected chi connectivity index (χ3v) is 16.4. The Kier molecular flexibility index (Phi) is 14.9. The van der Waals surface area contributed by atoms with Crippen molar-refractivity contribution < 1.29 is 47.5 Å². The van der Waals surface area contributed by atoms with E-state index in [0.717, 1.165) is 106 Å². The Balaban J connectivity index is 0.873.